The van der Waals surface area contributed by atoms with E-state index in [2.05, 4.69) is 9.97 Å². The molecule has 0 N–H and O–H groups in total. The number of amides is 1. The molecule has 2 aromatic carbocycles. The summed E-state index contributed by atoms with van der Waals surface area (Å²) in [4.78, 5) is 23.5. The highest BCUT2D eigenvalue weighted by Gasteiger charge is 2.20. The lowest BCUT2D eigenvalue weighted by atomic mass is 10.2. The van der Waals surface area contributed by atoms with Crippen LogP contribution in [0.25, 0.3) is 10.9 Å². The maximum Gasteiger partial charge on any atom is 0.254 e. The summed E-state index contributed by atoms with van der Waals surface area (Å²) in [7, 11) is -1.68. The van der Waals surface area contributed by atoms with Crippen LogP contribution < -0.4 is 0 Å². The van der Waals surface area contributed by atoms with Crippen molar-refractivity contribution in [3.05, 3.63) is 65.6 Å². The fraction of sp³-hybridized carbons (Fsp3) is 0.286. The predicted molar refractivity (Wildman–Crippen MR) is 109 cm³/mol. The summed E-state index contributed by atoms with van der Waals surface area (Å²) in [6.45, 7) is 5.45. The minimum atomic E-state index is -3.36. The summed E-state index contributed by atoms with van der Waals surface area (Å²) in [5, 5.41) is 0.479. The second-order valence-electron chi connectivity index (χ2n) is 7.02. The van der Waals surface area contributed by atoms with Crippen molar-refractivity contribution in [1.29, 1.82) is 0 Å². The maximum atomic E-state index is 12.7. The van der Waals surface area contributed by atoms with Crippen LogP contribution in [0.15, 0.2) is 53.4 Å². The summed E-state index contributed by atoms with van der Waals surface area (Å²) in [6.07, 6.45) is 0. The highest BCUT2D eigenvalue weighted by atomic mass is 32.2. The predicted octanol–water partition coefficient (Wildman–Crippen LogP) is 3.39. The lowest BCUT2D eigenvalue weighted by molar-refractivity contribution is 0.0781. The van der Waals surface area contributed by atoms with Gasteiger partial charge in [0.2, 0.25) is 0 Å². The van der Waals surface area contributed by atoms with E-state index in [1.807, 2.05) is 31.2 Å². The Hall–Kier alpha value is -2.80. The van der Waals surface area contributed by atoms with Gasteiger partial charge >= 0.3 is 0 Å². The molecule has 0 aliphatic heterocycles. The van der Waals surface area contributed by atoms with Crippen LogP contribution in [0.5, 0.6) is 0 Å². The van der Waals surface area contributed by atoms with Crippen LogP contribution in [0.4, 0.5) is 0 Å². The van der Waals surface area contributed by atoms with Gasteiger partial charge in [0.15, 0.2) is 9.84 Å². The van der Waals surface area contributed by atoms with E-state index >= 15 is 0 Å². The second kappa shape index (κ2) is 7.67. The molecular weight excluding hydrogens is 374 g/mol. The van der Waals surface area contributed by atoms with E-state index in [-0.39, 0.29) is 17.3 Å². The monoisotopic (exact) mass is 397 g/mol. The number of rotatable bonds is 5. The number of carbonyl (C=O) groups excluding carboxylic acids is 1. The van der Waals surface area contributed by atoms with E-state index in [0.29, 0.717) is 11.4 Å². The van der Waals surface area contributed by atoms with Gasteiger partial charge in [-0.25, -0.2) is 18.4 Å². The first-order valence-electron chi connectivity index (χ1n) is 9.02. The normalized spacial score (nSPS) is 11.8. The number of carbonyl (C=O) groups is 1. The zero-order valence-electron chi connectivity index (χ0n) is 16.4. The minimum Gasteiger partial charge on any atom is -0.334 e. The molecule has 0 radical (unpaired) electrons. The van der Waals surface area contributed by atoms with E-state index in [1.54, 1.807) is 33.0 Å². The first kappa shape index (κ1) is 19.9. The molecule has 1 amide bonds. The Morgan fingerprint density at radius 1 is 1.04 bits per heavy atom. The van der Waals surface area contributed by atoms with Crippen molar-refractivity contribution < 1.29 is 13.2 Å². The zero-order chi connectivity index (χ0) is 20.5. The average molecular weight is 398 g/mol. The number of para-hydroxylation sites is 1. The van der Waals surface area contributed by atoms with Gasteiger partial charge in [-0.2, -0.15) is 0 Å². The third kappa shape index (κ3) is 3.89. The topological polar surface area (TPSA) is 80.2 Å². The lowest BCUT2D eigenvalue weighted by Gasteiger charge is -2.17. The maximum absolute atomic E-state index is 12.7. The average Bonchev–Trinajstić information content (AvgIpc) is 2.67. The molecule has 0 spiro atoms. The Bertz CT molecular complexity index is 1120. The van der Waals surface area contributed by atoms with E-state index in [9.17, 15) is 13.2 Å². The van der Waals surface area contributed by atoms with E-state index in [4.69, 9.17) is 0 Å². The number of hydrogen-bond donors (Lipinski definition) is 0. The van der Waals surface area contributed by atoms with Crippen molar-refractivity contribution in [3.63, 3.8) is 0 Å². The minimum absolute atomic E-state index is 0.218. The van der Waals surface area contributed by atoms with Crippen LogP contribution in [0.1, 0.15) is 35.7 Å². The molecule has 0 saturated carbocycles. The fourth-order valence-electron chi connectivity index (χ4n) is 2.93. The van der Waals surface area contributed by atoms with Gasteiger partial charge in [0.05, 0.1) is 22.2 Å². The third-order valence-electron chi connectivity index (χ3n) is 4.62. The summed E-state index contributed by atoms with van der Waals surface area (Å²) in [5.74, 6) is 0.342. The molecule has 0 bridgehead atoms. The molecule has 1 heterocycles. The number of benzene rings is 2. The van der Waals surface area contributed by atoms with E-state index in [1.165, 1.54) is 17.0 Å². The second-order valence-corrected chi connectivity index (χ2v) is 9.53. The van der Waals surface area contributed by atoms with Crippen LogP contribution >= 0.6 is 0 Å². The largest absolute Gasteiger partial charge is 0.334 e. The Labute approximate surface area is 165 Å². The van der Waals surface area contributed by atoms with Crippen molar-refractivity contribution in [2.24, 2.45) is 0 Å². The van der Waals surface area contributed by atoms with Gasteiger partial charge in [0.25, 0.3) is 5.91 Å². The number of aromatic nitrogens is 2. The third-order valence-corrected chi connectivity index (χ3v) is 6.79. The molecule has 0 atom stereocenters. The highest BCUT2D eigenvalue weighted by molar-refractivity contribution is 7.92. The molecule has 0 saturated heterocycles. The Balaban J connectivity index is 1.80. The number of sulfone groups is 1. The van der Waals surface area contributed by atoms with Crippen LogP contribution in [0.3, 0.4) is 0 Å². The Morgan fingerprint density at radius 2 is 1.68 bits per heavy atom. The van der Waals surface area contributed by atoms with Crippen molar-refractivity contribution in [3.8, 4) is 0 Å². The summed E-state index contributed by atoms with van der Waals surface area (Å²) >= 11 is 0. The van der Waals surface area contributed by atoms with Crippen LogP contribution in [-0.2, 0) is 16.4 Å². The number of fused-ring (bicyclic) bond motifs is 1. The van der Waals surface area contributed by atoms with Crippen LogP contribution in [-0.4, -0.2) is 41.5 Å². The quantitative estimate of drug-likeness (QED) is 0.659. The van der Waals surface area contributed by atoms with Gasteiger partial charge in [0, 0.05) is 23.7 Å². The van der Waals surface area contributed by atoms with Crippen LogP contribution in [0, 0.1) is 6.92 Å². The summed E-state index contributed by atoms with van der Waals surface area (Å²) < 4.78 is 24.4. The molecule has 7 heteroatoms. The van der Waals surface area contributed by atoms with Crippen molar-refractivity contribution >= 4 is 26.6 Å². The molecule has 0 aliphatic rings. The Kier molecular flexibility index (Phi) is 5.47. The molecule has 3 rings (SSSR count). The first-order chi connectivity index (χ1) is 13.2. The van der Waals surface area contributed by atoms with Crippen molar-refractivity contribution in [2.45, 2.75) is 37.5 Å². The van der Waals surface area contributed by atoms with Gasteiger partial charge in [0.1, 0.15) is 5.82 Å². The zero-order valence-corrected chi connectivity index (χ0v) is 17.2. The van der Waals surface area contributed by atoms with Gasteiger partial charge in [-0.3, -0.25) is 4.79 Å². The van der Waals surface area contributed by atoms with Gasteiger partial charge in [-0.05, 0) is 51.1 Å². The Morgan fingerprint density at radius 3 is 2.32 bits per heavy atom. The number of hydrogen-bond acceptors (Lipinski definition) is 5. The molecule has 0 aliphatic carbocycles. The summed E-state index contributed by atoms with van der Waals surface area (Å²) in [5.41, 5.74) is 2.13. The molecule has 0 fully saturated rings. The van der Waals surface area contributed by atoms with Gasteiger partial charge in [-0.1, -0.05) is 18.2 Å². The molecular formula is C21H23N3O3S. The van der Waals surface area contributed by atoms with Gasteiger partial charge in [-0.15, -0.1) is 0 Å². The smallest absolute Gasteiger partial charge is 0.254 e. The molecule has 28 heavy (non-hydrogen) atoms. The van der Waals surface area contributed by atoms with E-state index < -0.39 is 15.1 Å². The van der Waals surface area contributed by atoms with Gasteiger partial charge < -0.3 is 4.90 Å². The number of aryl methyl sites for hydroxylation is 1. The number of nitrogens with zero attached hydrogens (tertiary/aromatic N) is 3. The molecule has 146 valence electrons. The lowest BCUT2D eigenvalue weighted by Crippen LogP contribution is -2.27. The van der Waals surface area contributed by atoms with E-state index in [0.717, 1.165) is 16.6 Å². The fourth-order valence-corrected chi connectivity index (χ4v) is 3.99. The van der Waals surface area contributed by atoms with Crippen LogP contribution in [0.2, 0.25) is 0 Å². The highest BCUT2D eigenvalue weighted by Crippen LogP contribution is 2.18. The SMILES string of the molecule is Cc1nc(CN(C)C(=O)c2ccc(S(=O)(=O)C(C)C)cc2)nc2ccccc12. The molecule has 3 aromatic rings. The molecule has 6 nitrogen and oxygen atoms in total. The van der Waals surface area contributed by atoms with Crippen molar-refractivity contribution in [2.75, 3.05) is 7.05 Å². The van der Waals surface area contributed by atoms with Crippen molar-refractivity contribution in [1.82, 2.24) is 14.9 Å². The first-order valence-corrected chi connectivity index (χ1v) is 10.6. The molecule has 1 aromatic heterocycles. The molecule has 0 unspecified atom stereocenters. The standard InChI is InChI=1S/C21H23N3O3S/c1-14(2)28(26,27)17-11-9-16(10-12-17)21(25)24(4)13-20-22-15(3)18-7-5-6-8-19(18)23-20/h5-12,14H,13H2,1-4H3. The summed E-state index contributed by atoms with van der Waals surface area (Å²) in [6, 6.07) is 13.8.